The van der Waals surface area contributed by atoms with Crippen LogP contribution in [0.25, 0.3) is 0 Å². The first-order valence-electron chi connectivity index (χ1n) is 7.40. The van der Waals surface area contributed by atoms with Gasteiger partial charge in [-0.1, -0.05) is 13.0 Å². The second kappa shape index (κ2) is 7.01. The number of likely N-dealkylation sites (N-methyl/N-ethyl adjacent to an activating group) is 1. The molecule has 0 bridgehead atoms. The number of nitrogens with zero attached hydrogens (tertiary/aromatic N) is 1. The van der Waals surface area contributed by atoms with Gasteiger partial charge in [-0.25, -0.2) is 4.39 Å². The Morgan fingerprint density at radius 1 is 1.42 bits per heavy atom. The summed E-state index contributed by atoms with van der Waals surface area (Å²) < 4.78 is 13.1. The number of hydrogen-bond donors (Lipinski definition) is 1. The highest BCUT2D eigenvalue weighted by molar-refractivity contribution is 5.26. The summed E-state index contributed by atoms with van der Waals surface area (Å²) in [6.45, 7) is 8.64. The fourth-order valence-electron chi connectivity index (χ4n) is 2.93. The van der Waals surface area contributed by atoms with Crippen molar-refractivity contribution in [3.63, 3.8) is 0 Å². The number of halogens is 1. The zero-order valence-electron chi connectivity index (χ0n) is 12.1. The number of hydrogen-bond acceptors (Lipinski definition) is 2. The molecule has 1 fully saturated rings. The van der Waals surface area contributed by atoms with Crippen LogP contribution in [0.4, 0.5) is 4.39 Å². The smallest absolute Gasteiger partial charge is 0.123 e. The van der Waals surface area contributed by atoms with Crippen LogP contribution in [0.3, 0.4) is 0 Å². The second-order valence-electron chi connectivity index (χ2n) is 5.52. The third-order valence-electron chi connectivity index (χ3n) is 4.00. The predicted molar refractivity (Wildman–Crippen MR) is 78.0 cm³/mol. The van der Waals surface area contributed by atoms with Crippen LogP contribution >= 0.6 is 0 Å². The molecule has 1 unspecified atom stereocenters. The maximum atomic E-state index is 13.1. The molecule has 1 aliphatic rings. The number of benzene rings is 1. The Kier molecular flexibility index (Phi) is 5.34. The number of likely N-dealkylation sites (tertiary alicyclic amines) is 1. The maximum Gasteiger partial charge on any atom is 0.123 e. The molecular formula is C16H25FN2. The molecule has 19 heavy (non-hydrogen) atoms. The van der Waals surface area contributed by atoms with E-state index in [0.717, 1.165) is 31.6 Å². The molecule has 3 heteroatoms. The SMILES string of the molecule is CCNC1CCCN(CCc2ccc(F)cc2C)C1. The van der Waals surface area contributed by atoms with Gasteiger partial charge in [-0.15, -0.1) is 0 Å². The largest absolute Gasteiger partial charge is 0.313 e. The summed E-state index contributed by atoms with van der Waals surface area (Å²) in [4.78, 5) is 2.53. The van der Waals surface area contributed by atoms with E-state index in [4.69, 9.17) is 0 Å². The number of piperidine rings is 1. The summed E-state index contributed by atoms with van der Waals surface area (Å²) in [5.41, 5.74) is 2.34. The molecule has 0 aromatic heterocycles. The first kappa shape index (κ1) is 14.5. The van der Waals surface area contributed by atoms with E-state index in [0.29, 0.717) is 6.04 Å². The highest BCUT2D eigenvalue weighted by atomic mass is 19.1. The zero-order valence-corrected chi connectivity index (χ0v) is 12.1. The average Bonchev–Trinajstić information content (AvgIpc) is 2.38. The van der Waals surface area contributed by atoms with Crippen molar-refractivity contribution in [3.05, 3.63) is 35.1 Å². The minimum Gasteiger partial charge on any atom is -0.313 e. The van der Waals surface area contributed by atoms with Crippen LogP contribution in [-0.4, -0.2) is 37.1 Å². The zero-order chi connectivity index (χ0) is 13.7. The van der Waals surface area contributed by atoms with E-state index in [9.17, 15) is 4.39 Å². The molecule has 1 heterocycles. The molecule has 1 aromatic carbocycles. The van der Waals surface area contributed by atoms with Crippen molar-refractivity contribution in [2.75, 3.05) is 26.2 Å². The van der Waals surface area contributed by atoms with Gasteiger partial charge in [0.2, 0.25) is 0 Å². The van der Waals surface area contributed by atoms with Crippen LogP contribution in [0.15, 0.2) is 18.2 Å². The molecule has 1 aromatic rings. The normalized spacial score (nSPS) is 20.7. The molecule has 0 spiro atoms. The molecule has 1 saturated heterocycles. The van der Waals surface area contributed by atoms with Gasteiger partial charge in [-0.3, -0.25) is 0 Å². The van der Waals surface area contributed by atoms with Gasteiger partial charge in [-0.05, 0) is 62.5 Å². The highest BCUT2D eigenvalue weighted by Gasteiger charge is 2.18. The molecule has 0 saturated carbocycles. The Balaban J connectivity index is 1.84. The van der Waals surface area contributed by atoms with E-state index >= 15 is 0 Å². The predicted octanol–water partition coefficient (Wildman–Crippen LogP) is 2.75. The van der Waals surface area contributed by atoms with Crippen molar-refractivity contribution in [1.29, 1.82) is 0 Å². The molecule has 0 amide bonds. The van der Waals surface area contributed by atoms with Crippen LogP contribution < -0.4 is 5.32 Å². The van der Waals surface area contributed by atoms with Crippen molar-refractivity contribution in [2.24, 2.45) is 0 Å². The van der Waals surface area contributed by atoms with Gasteiger partial charge in [0.1, 0.15) is 5.82 Å². The Morgan fingerprint density at radius 3 is 3.00 bits per heavy atom. The standard InChI is InChI=1S/C16H25FN2/c1-3-18-16-5-4-9-19(12-16)10-8-14-6-7-15(17)11-13(14)2/h6-7,11,16,18H,3-5,8-10,12H2,1-2H3. The minimum atomic E-state index is -0.133. The van der Waals surface area contributed by atoms with Crippen molar-refractivity contribution in [2.45, 2.75) is 39.2 Å². The first-order valence-corrected chi connectivity index (χ1v) is 7.40. The number of aryl methyl sites for hydroxylation is 1. The maximum absolute atomic E-state index is 13.1. The van der Waals surface area contributed by atoms with E-state index in [1.165, 1.54) is 24.9 Å². The van der Waals surface area contributed by atoms with Crippen LogP contribution in [0, 0.1) is 12.7 Å². The molecule has 1 N–H and O–H groups in total. The third-order valence-corrected chi connectivity index (χ3v) is 4.00. The van der Waals surface area contributed by atoms with Crippen molar-refractivity contribution < 1.29 is 4.39 Å². The summed E-state index contributed by atoms with van der Waals surface area (Å²) >= 11 is 0. The van der Waals surface area contributed by atoms with Gasteiger partial charge in [0.15, 0.2) is 0 Å². The minimum absolute atomic E-state index is 0.133. The molecular weight excluding hydrogens is 239 g/mol. The van der Waals surface area contributed by atoms with Crippen LogP contribution in [0.2, 0.25) is 0 Å². The lowest BCUT2D eigenvalue weighted by Crippen LogP contribution is -2.46. The fourth-order valence-corrected chi connectivity index (χ4v) is 2.93. The molecule has 0 radical (unpaired) electrons. The average molecular weight is 264 g/mol. The van der Waals surface area contributed by atoms with Gasteiger partial charge in [-0.2, -0.15) is 0 Å². The molecule has 2 nitrogen and oxygen atoms in total. The van der Waals surface area contributed by atoms with Gasteiger partial charge >= 0.3 is 0 Å². The molecule has 1 atom stereocenters. The molecule has 0 aliphatic carbocycles. The Morgan fingerprint density at radius 2 is 2.26 bits per heavy atom. The lowest BCUT2D eigenvalue weighted by Gasteiger charge is -2.33. The number of nitrogens with one attached hydrogen (secondary N) is 1. The summed E-state index contributed by atoms with van der Waals surface area (Å²) in [6, 6.07) is 5.77. The van der Waals surface area contributed by atoms with Crippen LogP contribution in [0.5, 0.6) is 0 Å². The Hall–Kier alpha value is -0.930. The topological polar surface area (TPSA) is 15.3 Å². The summed E-state index contributed by atoms with van der Waals surface area (Å²) in [5, 5.41) is 3.54. The number of rotatable bonds is 5. The second-order valence-corrected chi connectivity index (χ2v) is 5.52. The van der Waals surface area contributed by atoms with Gasteiger partial charge < -0.3 is 10.2 Å². The van der Waals surface area contributed by atoms with Gasteiger partial charge in [0.25, 0.3) is 0 Å². The monoisotopic (exact) mass is 264 g/mol. The third kappa shape index (κ3) is 4.29. The van der Waals surface area contributed by atoms with Crippen LogP contribution in [-0.2, 0) is 6.42 Å². The lowest BCUT2D eigenvalue weighted by molar-refractivity contribution is 0.194. The lowest BCUT2D eigenvalue weighted by atomic mass is 10.0. The van der Waals surface area contributed by atoms with Gasteiger partial charge in [0.05, 0.1) is 0 Å². The molecule has 2 rings (SSSR count). The quantitative estimate of drug-likeness (QED) is 0.879. The van der Waals surface area contributed by atoms with E-state index in [2.05, 4.69) is 17.1 Å². The Labute approximate surface area is 116 Å². The van der Waals surface area contributed by atoms with Crippen molar-refractivity contribution in [3.8, 4) is 0 Å². The highest BCUT2D eigenvalue weighted by Crippen LogP contribution is 2.14. The van der Waals surface area contributed by atoms with Crippen molar-refractivity contribution >= 4 is 0 Å². The Bertz CT molecular complexity index is 404. The summed E-state index contributed by atoms with van der Waals surface area (Å²) in [6.07, 6.45) is 3.59. The molecule has 1 aliphatic heterocycles. The summed E-state index contributed by atoms with van der Waals surface area (Å²) in [5.74, 6) is -0.133. The van der Waals surface area contributed by atoms with E-state index in [1.54, 1.807) is 12.1 Å². The fraction of sp³-hybridized carbons (Fsp3) is 0.625. The molecule has 106 valence electrons. The first-order chi connectivity index (χ1) is 9.19. The van der Waals surface area contributed by atoms with Crippen LogP contribution in [0.1, 0.15) is 30.9 Å². The van der Waals surface area contributed by atoms with E-state index in [-0.39, 0.29) is 5.82 Å². The van der Waals surface area contributed by atoms with Crippen molar-refractivity contribution in [1.82, 2.24) is 10.2 Å². The summed E-state index contributed by atoms with van der Waals surface area (Å²) in [7, 11) is 0. The van der Waals surface area contributed by atoms with E-state index in [1.807, 2.05) is 13.0 Å². The van der Waals surface area contributed by atoms with Gasteiger partial charge in [0, 0.05) is 19.1 Å². The van der Waals surface area contributed by atoms with E-state index < -0.39 is 0 Å².